The Labute approximate surface area is 136 Å². The number of alkyl halides is 3. The van der Waals surface area contributed by atoms with Crippen molar-refractivity contribution in [3.63, 3.8) is 0 Å². The van der Waals surface area contributed by atoms with Crippen LogP contribution in [0.2, 0.25) is 0 Å². The van der Waals surface area contributed by atoms with Gasteiger partial charge in [-0.15, -0.1) is 13.2 Å². The quantitative estimate of drug-likeness (QED) is 0.805. The highest BCUT2D eigenvalue weighted by molar-refractivity contribution is 5.94. The molecule has 24 heavy (non-hydrogen) atoms. The second-order valence-electron chi connectivity index (χ2n) is 6.24. The Morgan fingerprint density at radius 2 is 1.96 bits per heavy atom. The maximum atomic E-state index is 12.6. The second-order valence-corrected chi connectivity index (χ2v) is 6.24. The van der Waals surface area contributed by atoms with E-state index in [9.17, 15) is 18.0 Å². The van der Waals surface area contributed by atoms with Crippen LogP contribution in [0.1, 0.15) is 44.9 Å². The molecule has 0 saturated heterocycles. The summed E-state index contributed by atoms with van der Waals surface area (Å²) in [6.45, 7) is 2.76. The summed E-state index contributed by atoms with van der Waals surface area (Å²) in [7, 11) is 0. The summed E-state index contributed by atoms with van der Waals surface area (Å²) in [5.74, 6) is -0.456. The second kappa shape index (κ2) is 5.06. The lowest BCUT2D eigenvalue weighted by Crippen LogP contribution is -2.25. The maximum absolute atomic E-state index is 12.6. The molecule has 0 spiro atoms. The third-order valence-electron chi connectivity index (χ3n) is 4.78. The number of hydrogen-bond donors (Lipinski definition) is 0. The highest BCUT2D eigenvalue weighted by Crippen LogP contribution is 2.33. The van der Waals surface area contributed by atoms with Crippen LogP contribution in [0, 0.1) is 6.92 Å². The van der Waals surface area contributed by atoms with Crippen molar-refractivity contribution in [2.75, 3.05) is 0 Å². The molecule has 126 valence electrons. The molecular formula is C16H15F3N4O. The number of nitrogens with zero attached hydrogens (tertiary/aromatic N) is 4. The van der Waals surface area contributed by atoms with E-state index in [1.165, 1.54) is 16.0 Å². The summed E-state index contributed by atoms with van der Waals surface area (Å²) in [6, 6.07) is 0. The molecule has 2 aromatic rings. The highest BCUT2D eigenvalue weighted by Gasteiger charge is 2.34. The van der Waals surface area contributed by atoms with Crippen LogP contribution in [0.15, 0.2) is 12.4 Å². The molecule has 0 atom stereocenters. The Bertz CT molecular complexity index is 841. The zero-order valence-corrected chi connectivity index (χ0v) is 13.0. The van der Waals surface area contributed by atoms with E-state index in [1.807, 2.05) is 6.92 Å². The summed E-state index contributed by atoms with van der Waals surface area (Å²) < 4.78 is 37.7. The molecular weight excluding hydrogens is 321 g/mol. The zero-order chi connectivity index (χ0) is 17.1. The lowest BCUT2D eigenvalue weighted by molar-refractivity contribution is -0.212. The van der Waals surface area contributed by atoms with Crippen LogP contribution in [0.4, 0.5) is 13.2 Å². The number of aryl methyl sites for hydroxylation is 1. The summed E-state index contributed by atoms with van der Waals surface area (Å²) >= 11 is 0. The molecule has 0 radical (unpaired) electrons. The first kappa shape index (κ1) is 15.2. The Morgan fingerprint density at radius 3 is 2.67 bits per heavy atom. The van der Waals surface area contributed by atoms with Gasteiger partial charge in [-0.2, -0.15) is 9.78 Å². The summed E-state index contributed by atoms with van der Waals surface area (Å²) in [6.07, 6.45) is 0.130. The van der Waals surface area contributed by atoms with Crippen LogP contribution in [0.3, 0.4) is 0 Å². The van der Waals surface area contributed by atoms with Gasteiger partial charge >= 0.3 is 6.30 Å². The fraction of sp³-hybridized carbons (Fsp3) is 0.438. The SMILES string of the molecule is Cc1c2c(nc3c1CN(C(=O)c1cnn(C(F)(F)F)c1)C3)CCC2. The third kappa shape index (κ3) is 2.28. The van der Waals surface area contributed by atoms with E-state index in [0.717, 1.165) is 48.6 Å². The van der Waals surface area contributed by atoms with Gasteiger partial charge in [-0.25, -0.2) is 0 Å². The molecule has 1 aliphatic heterocycles. The van der Waals surface area contributed by atoms with Crippen molar-refractivity contribution in [2.45, 2.75) is 45.6 Å². The molecule has 0 unspecified atom stereocenters. The molecule has 5 nitrogen and oxygen atoms in total. The topological polar surface area (TPSA) is 51.0 Å². The predicted octanol–water partition coefficient (Wildman–Crippen LogP) is 2.71. The van der Waals surface area contributed by atoms with Gasteiger partial charge in [0, 0.05) is 18.4 Å². The van der Waals surface area contributed by atoms with Crippen molar-refractivity contribution in [1.82, 2.24) is 19.7 Å². The average Bonchev–Trinajstić information content (AvgIpc) is 3.24. The number of hydrogen-bond acceptors (Lipinski definition) is 3. The van der Waals surface area contributed by atoms with Gasteiger partial charge in [-0.05, 0) is 42.9 Å². The van der Waals surface area contributed by atoms with Gasteiger partial charge in [-0.1, -0.05) is 0 Å². The molecule has 0 aromatic carbocycles. The number of pyridine rings is 1. The first-order valence-corrected chi connectivity index (χ1v) is 7.76. The normalized spacial score (nSPS) is 16.4. The van der Waals surface area contributed by atoms with E-state index < -0.39 is 12.2 Å². The number of rotatable bonds is 1. The maximum Gasteiger partial charge on any atom is 0.504 e. The molecule has 1 aliphatic carbocycles. The Hall–Kier alpha value is -2.38. The fourth-order valence-electron chi connectivity index (χ4n) is 3.55. The number of halogens is 3. The number of carbonyl (C=O) groups excluding carboxylic acids is 1. The number of carbonyl (C=O) groups is 1. The Morgan fingerprint density at radius 1 is 1.17 bits per heavy atom. The smallest absolute Gasteiger partial charge is 0.328 e. The van der Waals surface area contributed by atoms with E-state index in [1.54, 1.807) is 0 Å². The first-order chi connectivity index (χ1) is 11.3. The summed E-state index contributed by atoms with van der Waals surface area (Å²) in [4.78, 5) is 18.7. The lowest BCUT2D eigenvalue weighted by Gasteiger charge is -2.14. The third-order valence-corrected chi connectivity index (χ3v) is 4.78. The molecule has 2 aliphatic rings. The molecule has 3 heterocycles. The standard InChI is InChI=1S/C16H15F3N4O/c1-9-11-3-2-4-13(11)21-14-8-22(7-12(9)14)15(24)10-5-20-23(6-10)16(17,18)19/h5-6H,2-4,7-8H2,1H3. The average molecular weight is 336 g/mol. The minimum atomic E-state index is -4.62. The van der Waals surface area contributed by atoms with Crippen LogP contribution >= 0.6 is 0 Å². The molecule has 2 aromatic heterocycles. The predicted molar refractivity (Wildman–Crippen MR) is 78.1 cm³/mol. The summed E-state index contributed by atoms with van der Waals surface area (Å²) in [5.41, 5.74) is 5.38. The van der Waals surface area contributed by atoms with Crippen molar-refractivity contribution >= 4 is 5.91 Å². The number of fused-ring (bicyclic) bond motifs is 2. The minimum absolute atomic E-state index is 0.0645. The molecule has 8 heteroatoms. The van der Waals surface area contributed by atoms with Crippen molar-refractivity contribution in [3.8, 4) is 0 Å². The lowest BCUT2D eigenvalue weighted by atomic mass is 10.0. The van der Waals surface area contributed by atoms with Gasteiger partial charge < -0.3 is 4.90 Å². The van der Waals surface area contributed by atoms with Gasteiger partial charge in [0.2, 0.25) is 0 Å². The first-order valence-electron chi connectivity index (χ1n) is 7.76. The van der Waals surface area contributed by atoms with Crippen LogP contribution in [0.5, 0.6) is 0 Å². The number of amides is 1. The molecule has 0 saturated carbocycles. The van der Waals surface area contributed by atoms with E-state index in [2.05, 4.69) is 10.1 Å². The van der Waals surface area contributed by atoms with Crippen molar-refractivity contribution in [2.24, 2.45) is 0 Å². The molecule has 4 rings (SSSR count). The van der Waals surface area contributed by atoms with Gasteiger partial charge in [0.25, 0.3) is 5.91 Å². The monoisotopic (exact) mass is 336 g/mol. The summed E-state index contributed by atoms with van der Waals surface area (Å²) in [5, 5.41) is 3.23. The highest BCUT2D eigenvalue weighted by atomic mass is 19.4. The molecule has 0 N–H and O–H groups in total. The van der Waals surface area contributed by atoms with E-state index in [0.29, 0.717) is 13.1 Å². The van der Waals surface area contributed by atoms with Crippen LogP contribution < -0.4 is 0 Å². The Kier molecular flexibility index (Phi) is 3.20. The van der Waals surface area contributed by atoms with Gasteiger partial charge in [0.05, 0.1) is 24.0 Å². The van der Waals surface area contributed by atoms with E-state index in [4.69, 9.17) is 0 Å². The van der Waals surface area contributed by atoms with Gasteiger partial charge in [0.1, 0.15) is 0 Å². The zero-order valence-electron chi connectivity index (χ0n) is 13.0. The van der Waals surface area contributed by atoms with Crippen molar-refractivity contribution in [3.05, 3.63) is 46.0 Å². The molecule has 0 bridgehead atoms. The van der Waals surface area contributed by atoms with E-state index >= 15 is 0 Å². The van der Waals surface area contributed by atoms with Crippen LogP contribution in [-0.4, -0.2) is 25.6 Å². The number of aromatic nitrogens is 3. The van der Waals surface area contributed by atoms with Crippen molar-refractivity contribution in [1.29, 1.82) is 0 Å². The van der Waals surface area contributed by atoms with Crippen LogP contribution in [-0.2, 0) is 32.2 Å². The van der Waals surface area contributed by atoms with E-state index in [-0.39, 0.29) is 10.2 Å². The fourth-order valence-corrected chi connectivity index (χ4v) is 3.55. The van der Waals surface area contributed by atoms with Gasteiger partial charge in [0.15, 0.2) is 0 Å². The van der Waals surface area contributed by atoms with Crippen LogP contribution in [0.25, 0.3) is 0 Å². The minimum Gasteiger partial charge on any atom is -0.328 e. The van der Waals surface area contributed by atoms with Gasteiger partial charge in [-0.3, -0.25) is 9.78 Å². The Balaban J connectivity index is 1.60. The van der Waals surface area contributed by atoms with Crippen molar-refractivity contribution < 1.29 is 18.0 Å². The molecule has 1 amide bonds. The largest absolute Gasteiger partial charge is 0.504 e. The molecule has 0 fully saturated rings.